The summed E-state index contributed by atoms with van der Waals surface area (Å²) in [5.74, 6) is 2.35. The highest BCUT2D eigenvalue weighted by molar-refractivity contribution is 9.11. The van der Waals surface area contributed by atoms with E-state index in [0.29, 0.717) is 67.1 Å². The van der Waals surface area contributed by atoms with E-state index >= 15 is 0 Å². The van der Waals surface area contributed by atoms with Crippen LogP contribution in [0.25, 0.3) is 22.3 Å². The van der Waals surface area contributed by atoms with E-state index in [1.54, 1.807) is 0 Å². The van der Waals surface area contributed by atoms with Gasteiger partial charge >= 0.3 is 11.9 Å². The lowest BCUT2D eigenvalue weighted by Gasteiger charge is -2.37. The monoisotopic (exact) mass is 1050 g/mol. The lowest BCUT2D eigenvalue weighted by molar-refractivity contribution is -0.145. The number of hydrogen-bond donors (Lipinski definition) is 0. The maximum Gasteiger partial charge on any atom is 0.337 e. The standard InChI is InChI=1S/C48H62Br4O6/c1-23(2)33-15-13-25(5)17-35(33)55-21-37(53)57-47-41(39-27(7)19-29(9)43(49)31(39)11)46(52)48(42(45(47)51)40-28(8)20-30(10)44(50)32(40)12)58-38(54)22-56-36-18-26(6)14-16-34(36)24(3)4/h19-20,23-26,33-36H,13-18,21-22H2,1-12H3/t25-,26-,33+,34+,35-,36-/m1/s1. The molecule has 2 aliphatic carbocycles. The molecule has 10 heteroatoms. The van der Waals surface area contributed by atoms with Crippen molar-refractivity contribution in [2.24, 2.45) is 35.5 Å². The Bertz CT molecular complexity index is 1880. The third-order valence-electron chi connectivity index (χ3n) is 12.7. The quantitative estimate of drug-likeness (QED) is 0.133. The van der Waals surface area contributed by atoms with E-state index in [4.69, 9.17) is 18.9 Å². The number of hydrogen-bond acceptors (Lipinski definition) is 6. The van der Waals surface area contributed by atoms with Crippen LogP contribution in [-0.4, -0.2) is 37.4 Å². The van der Waals surface area contributed by atoms with Gasteiger partial charge in [0.25, 0.3) is 0 Å². The Balaban J connectivity index is 1.67. The van der Waals surface area contributed by atoms with E-state index < -0.39 is 11.9 Å². The molecule has 5 rings (SSSR count). The Morgan fingerprint density at radius 2 is 0.897 bits per heavy atom. The summed E-state index contributed by atoms with van der Waals surface area (Å²) in [5.41, 5.74) is 8.91. The van der Waals surface area contributed by atoms with Crippen molar-refractivity contribution in [2.75, 3.05) is 13.2 Å². The van der Waals surface area contributed by atoms with Crippen LogP contribution in [0.3, 0.4) is 0 Å². The van der Waals surface area contributed by atoms with Gasteiger partial charge in [-0.3, -0.25) is 0 Å². The average molecular weight is 1050 g/mol. The van der Waals surface area contributed by atoms with Gasteiger partial charge < -0.3 is 18.9 Å². The molecule has 0 N–H and O–H groups in total. The van der Waals surface area contributed by atoms with Gasteiger partial charge in [0.05, 0.1) is 21.2 Å². The predicted molar refractivity (Wildman–Crippen MR) is 250 cm³/mol. The van der Waals surface area contributed by atoms with Crippen molar-refractivity contribution in [1.82, 2.24) is 0 Å². The van der Waals surface area contributed by atoms with E-state index in [1.807, 2.05) is 27.7 Å². The predicted octanol–water partition coefficient (Wildman–Crippen LogP) is 14.7. The summed E-state index contributed by atoms with van der Waals surface area (Å²) in [7, 11) is 0. The molecule has 2 saturated carbocycles. The molecule has 2 fully saturated rings. The van der Waals surface area contributed by atoms with E-state index in [0.717, 1.165) is 79.1 Å². The molecule has 0 saturated heterocycles. The van der Waals surface area contributed by atoms with Gasteiger partial charge in [-0.15, -0.1) is 0 Å². The summed E-state index contributed by atoms with van der Waals surface area (Å²) in [6.45, 7) is 25.3. The van der Waals surface area contributed by atoms with Crippen LogP contribution in [-0.2, 0) is 19.1 Å². The fourth-order valence-corrected chi connectivity index (χ4v) is 11.6. The number of ether oxygens (including phenoxy) is 4. The van der Waals surface area contributed by atoms with Gasteiger partial charge in [0.2, 0.25) is 0 Å². The number of carbonyl (C=O) groups is 2. The third-order valence-corrected chi connectivity index (χ3v) is 16.7. The van der Waals surface area contributed by atoms with Crippen LogP contribution >= 0.6 is 63.7 Å². The molecule has 58 heavy (non-hydrogen) atoms. The second kappa shape index (κ2) is 20.1. The molecule has 3 aromatic rings. The van der Waals surface area contributed by atoms with Crippen LogP contribution in [0, 0.1) is 77.0 Å². The molecule has 6 nitrogen and oxygen atoms in total. The van der Waals surface area contributed by atoms with Crippen molar-refractivity contribution in [3.05, 3.63) is 63.4 Å². The van der Waals surface area contributed by atoms with Crippen molar-refractivity contribution in [1.29, 1.82) is 0 Å². The van der Waals surface area contributed by atoms with Gasteiger partial charge in [0, 0.05) is 20.1 Å². The van der Waals surface area contributed by atoms with Gasteiger partial charge in [-0.1, -0.05) is 98.4 Å². The minimum atomic E-state index is -0.500. The number of rotatable bonds is 12. The number of benzene rings is 3. The first-order valence-corrected chi connectivity index (χ1v) is 24.1. The molecule has 2 aliphatic rings. The lowest BCUT2D eigenvalue weighted by Crippen LogP contribution is -2.36. The molecule has 0 radical (unpaired) electrons. The molecule has 0 bridgehead atoms. The summed E-state index contributed by atoms with van der Waals surface area (Å²) in [5, 5.41) is 0. The van der Waals surface area contributed by atoms with Crippen molar-refractivity contribution >= 4 is 75.7 Å². The first-order valence-electron chi connectivity index (χ1n) is 21.0. The van der Waals surface area contributed by atoms with E-state index in [-0.39, 0.29) is 25.4 Å². The molecule has 0 aliphatic heterocycles. The highest BCUT2D eigenvalue weighted by Gasteiger charge is 2.36. The normalized spacial score (nSPS) is 22.4. The number of esters is 2. The maximum absolute atomic E-state index is 14.1. The zero-order valence-electron chi connectivity index (χ0n) is 36.4. The van der Waals surface area contributed by atoms with Crippen LogP contribution in [0.15, 0.2) is 30.0 Å². The van der Waals surface area contributed by atoms with Crippen LogP contribution in [0.4, 0.5) is 0 Å². The molecular weight excluding hydrogens is 992 g/mol. The van der Waals surface area contributed by atoms with Gasteiger partial charge in [-0.2, -0.15) is 0 Å². The van der Waals surface area contributed by atoms with Crippen LogP contribution < -0.4 is 9.47 Å². The summed E-state index contributed by atoms with van der Waals surface area (Å²) >= 11 is 15.6. The van der Waals surface area contributed by atoms with Gasteiger partial charge in [0.1, 0.15) is 13.2 Å². The molecule has 6 atom stereocenters. The first-order chi connectivity index (χ1) is 27.2. The van der Waals surface area contributed by atoms with E-state index in [9.17, 15) is 9.59 Å². The maximum atomic E-state index is 14.1. The van der Waals surface area contributed by atoms with Crippen molar-refractivity contribution in [2.45, 2.75) is 134 Å². The fraction of sp³-hybridized carbons (Fsp3) is 0.583. The largest absolute Gasteiger partial charge is 0.423 e. The molecule has 0 unspecified atom stereocenters. The van der Waals surface area contributed by atoms with Crippen LogP contribution in [0.1, 0.15) is 113 Å². The smallest absolute Gasteiger partial charge is 0.337 e. The second-order valence-corrected chi connectivity index (χ2v) is 21.2. The zero-order valence-corrected chi connectivity index (χ0v) is 42.7. The minimum Gasteiger partial charge on any atom is -0.423 e. The Morgan fingerprint density at radius 1 is 0.552 bits per heavy atom. The second-order valence-electron chi connectivity index (χ2n) is 18.0. The Morgan fingerprint density at radius 3 is 1.22 bits per heavy atom. The summed E-state index contributed by atoms with van der Waals surface area (Å²) in [4.78, 5) is 28.3. The van der Waals surface area contributed by atoms with Crippen LogP contribution in [0.5, 0.6) is 11.5 Å². The number of halogens is 4. The molecule has 3 aromatic carbocycles. The lowest BCUT2D eigenvalue weighted by atomic mass is 9.75. The summed E-state index contributed by atoms with van der Waals surface area (Å²) < 4.78 is 28.7. The number of aryl methyl sites for hydroxylation is 4. The Hall–Kier alpha value is -1.56. The van der Waals surface area contributed by atoms with Gasteiger partial charge in [0.15, 0.2) is 11.5 Å². The first kappa shape index (κ1) is 47.5. The summed E-state index contributed by atoms with van der Waals surface area (Å²) in [6, 6.07) is 4.21. The fourth-order valence-electron chi connectivity index (χ4n) is 9.63. The summed E-state index contributed by atoms with van der Waals surface area (Å²) in [6.07, 6.45) is 6.29. The molecule has 318 valence electrons. The topological polar surface area (TPSA) is 71.1 Å². The van der Waals surface area contributed by atoms with Crippen LogP contribution in [0.2, 0.25) is 0 Å². The highest BCUT2D eigenvalue weighted by atomic mass is 79.9. The Kier molecular flexibility index (Phi) is 16.4. The van der Waals surface area contributed by atoms with Crippen molar-refractivity contribution in [3.63, 3.8) is 0 Å². The highest BCUT2D eigenvalue weighted by Crippen LogP contribution is 2.57. The van der Waals surface area contributed by atoms with Crippen molar-refractivity contribution in [3.8, 4) is 33.8 Å². The average Bonchev–Trinajstić information content (AvgIpc) is 3.15. The molecule has 0 aromatic heterocycles. The van der Waals surface area contributed by atoms with Gasteiger partial charge in [-0.25, -0.2) is 9.59 Å². The van der Waals surface area contributed by atoms with E-state index in [1.165, 1.54) is 12.8 Å². The third kappa shape index (κ3) is 10.4. The van der Waals surface area contributed by atoms with E-state index in [2.05, 4.69) is 131 Å². The molecule has 0 heterocycles. The SMILES string of the molecule is Cc1cc(C)c(-c2c(Br)c(OC(=O)CO[C@@H]3C[C@H](C)CC[C@H]3C(C)C)c(-c3c(C)cc(C)c(Br)c3C)c(Br)c2OC(=O)CO[C@@H]2C[C@H](C)CC[C@H]2C(C)C)c(C)c1Br. The zero-order chi connectivity index (χ0) is 42.9. The van der Waals surface area contributed by atoms with Crippen molar-refractivity contribution < 1.29 is 28.5 Å². The number of carbonyl (C=O) groups excluding carboxylic acids is 2. The molecular formula is C48H62Br4O6. The molecule has 0 amide bonds. The Labute approximate surface area is 381 Å². The minimum absolute atomic E-state index is 0.0223. The molecule has 0 spiro atoms. The van der Waals surface area contributed by atoms with Gasteiger partial charge in [-0.05, 0) is 179 Å².